The number of hydrogen-bond donors (Lipinski definition) is 0. The summed E-state index contributed by atoms with van der Waals surface area (Å²) in [4.78, 5) is 6.40. The Bertz CT molecular complexity index is 510. The second-order valence-electron chi connectivity index (χ2n) is 4.49. The Morgan fingerprint density at radius 2 is 2.05 bits per heavy atom. The Labute approximate surface area is 112 Å². The number of likely N-dealkylation sites (N-methyl/N-ethyl adjacent to an activating group) is 1. The maximum atomic E-state index is 12.7. The summed E-state index contributed by atoms with van der Waals surface area (Å²) in [6, 6.07) is 6.06. The van der Waals surface area contributed by atoms with Crippen LogP contribution >= 0.6 is 0 Å². The number of nitrogens with zero attached hydrogens (tertiary/aromatic N) is 3. The zero-order valence-corrected chi connectivity index (χ0v) is 11.2. The third kappa shape index (κ3) is 4.06. The van der Waals surface area contributed by atoms with Gasteiger partial charge in [-0.25, -0.2) is 9.37 Å². The van der Waals surface area contributed by atoms with E-state index in [1.54, 1.807) is 18.3 Å². The van der Waals surface area contributed by atoms with E-state index in [9.17, 15) is 4.39 Å². The third-order valence-corrected chi connectivity index (χ3v) is 2.89. The summed E-state index contributed by atoms with van der Waals surface area (Å²) >= 11 is 0. The number of ether oxygens (including phenoxy) is 1. The fourth-order valence-electron chi connectivity index (χ4n) is 1.72. The summed E-state index contributed by atoms with van der Waals surface area (Å²) in [6.45, 7) is 2.12. The highest BCUT2D eigenvalue weighted by molar-refractivity contribution is 5.21. The van der Waals surface area contributed by atoms with Crippen LogP contribution < -0.4 is 4.74 Å². The average Bonchev–Trinajstić information content (AvgIpc) is 2.78. The van der Waals surface area contributed by atoms with Crippen LogP contribution in [-0.2, 0) is 13.6 Å². The van der Waals surface area contributed by atoms with E-state index in [0.29, 0.717) is 12.4 Å². The summed E-state index contributed by atoms with van der Waals surface area (Å²) < 4.78 is 20.3. The molecule has 1 aromatic heterocycles. The number of imidazole rings is 1. The molecule has 0 amide bonds. The molecular weight excluding hydrogens is 245 g/mol. The van der Waals surface area contributed by atoms with Gasteiger partial charge in [-0.15, -0.1) is 0 Å². The summed E-state index contributed by atoms with van der Waals surface area (Å²) in [7, 11) is 3.99. The molecule has 0 radical (unpaired) electrons. The first-order valence-corrected chi connectivity index (χ1v) is 6.18. The second kappa shape index (κ2) is 6.33. The van der Waals surface area contributed by atoms with E-state index >= 15 is 0 Å². The minimum Gasteiger partial charge on any atom is -0.492 e. The molecule has 102 valence electrons. The molecule has 0 aliphatic heterocycles. The summed E-state index contributed by atoms with van der Waals surface area (Å²) in [6.07, 6.45) is 3.72. The van der Waals surface area contributed by atoms with Crippen molar-refractivity contribution in [2.45, 2.75) is 6.54 Å². The number of aromatic nitrogens is 2. The van der Waals surface area contributed by atoms with Crippen LogP contribution in [0.25, 0.3) is 0 Å². The first-order chi connectivity index (χ1) is 9.15. The largest absolute Gasteiger partial charge is 0.492 e. The van der Waals surface area contributed by atoms with Crippen LogP contribution in [-0.4, -0.2) is 34.7 Å². The summed E-state index contributed by atoms with van der Waals surface area (Å²) in [5.74, 6) is 1.45. The quantitative estimate of drug-likeness (QED) is 0.799. The van der Waals surface area contributed by atoms with Crippen molar-refractivity contribution in [3.63, 3.8) is 0 Å². The van der Waals surface area contributed by atoms with E-state index in [0.717, 1.165) is 18.9 Å². The van der Waals surface area contributed by atoms with Gasteiger partial charge in [0.1, 0.15) is 24.0 Å². The van der Waals surface area contributed by atoms with Crippen molar-refractivity contribution in [1.82, 2.24) is 14.5 Å². The number of benzene rings is 1. The number of hydrogen-bond acceptors (Lipinski definition) is 3. The van der Waals surface area contributed by atoms with Crippen molar-refractivity contribution in [1.29, 1.82) is 0 Å². The Balaban J connectivity index is 1.73. The molecule has 0 saturated carbocycles. The number of rotatable bonds is 6. The van der Waals surface area contributed by atoms with Crippen molar-refractivity contribution < 1.29 is 9.13 Å². The zero-order valence-electron chi connectivity index (χ0n) is 11.2. The van der Waals surface area contributed by atoms with Gasteiger partial charge in [-0.1, -0.05) is 0 Å². The highest BCUT2D eigenvalue weighted by atomic mass is 19.1. The fraction of sp³-hybridized carbons (Fsp3) is 0.357. The zero-order chi connectivity index (χ0) is 13.7. The Morgan fingerprint density at radius 3 is 2.68 bits per heavy atom. The van der Waals surface area contributed by atoms with Crippen molar-refractivity contribution in [3.05, 3.63) is 48.3 Å². The number of aryl methyl sites for hydroxylation is 1. The molecule has 0 atom stereocenters. The summed E-state index contributed by atoms with van der Waals surface area (Å²) in [5.41, 5.74) is 0. The lowest BCUT2D eigenvalue weighted by Gasteiger charge is -2.16. The predicted molar refractivity (Wildman–Crippen MR) is 71.4 cm³/mol. The smallest absolute Gasteiger partial charge is 0.123 e. The Morgan fingerprint density at radius 1 is 1.32 bits per heavy atom. The fourth-order valence-corrected chi connectivity index (χ4v) is 1.72. The molecule has 4 nitrogen and oxygen atoms in total. The van der Waals surface area contributed by atoms with Crippen LogP contribution in [0.5, 0.6) is 5.75 Å². The van der Waals surface area contributed by atoms with Gasteiger partial charge in [0.2, 0.25) is 0 Å². The maximum absolute atomic E-state index is 12.7. The molecule has 0 unspecified atom stereocenters. The van der Waals surface area contributed by atoms with Gasteiger partial charge in [0.05, 0.1) is 6.54 Å². The lowest BCUT2D eigenvalue weighted by atomic mass is 10.3. The van der Waals surface area contributed by atoms with Gasteiger partial charge >= 0.3 is 0 Å². The number of halogens is 1. The molecule has 19 heavy (non-hydrogen) atoms. The van der Waals surface area contributed by atoms with Crippen LogP contribution in [0.15, 0.2) is 36.7 Å². The molecule has 0 bridgehead atoms. The van der Waals surface area contributed by atoms with Crippen molar-refractivity contribution in [2.75, 3.05) is 20.2 Å². The average molecular weight is 263 g/mol. The molecule has 0 N–H and O–H groups in total. The molecule has 0 aliphatic rings. The lowest BCUT2D eigenvalue weighted by Crippen LogP contribution is -2.25. The van der Waals surface area contributed by atoms with E-state index in [4.69, 9.17) is 4.74 Å². The molecule has 0 saturated heterocycles. The molecule has 0 fully saturated rings. The summed E-state index contributed by atoms with van der Waals surface area (Å²) in [5, 5.41) is 0. The van der Waals surface area contributed by atoms with Gasteiger partial charge in [-0.05, 0) is 31.3 Å². The van der Waals surface area contributed by atoms with E-state index in [1.165, 1.54) is 12.1 Å². The highest BCUT2D eigenvalue weighted by Crippen LogP contribution is 2.10. The minimum atomic E-state index is -0.251. The van der Waals surface area contributed by atoms with Crippen LogP contribution in [0.3, 0.4) is 0 Å². The van der Waals surface area contributed by atoms with E-state index in [1.807, 2.05) is 24.9 Å². The van der Waals surface area contributed by atoms with Crippen LogP contribution in [0.1, 0.15) is 5.82 Å². The molecule has 0 aliphatic carbocycles. The molecule has 0 spiro atoms. The van der Waals surface area contributed by atoms with Gasteiger partial charge in [-0.2, -0.15) is 0 Å². The SMILES string of the molecule is CN(CCOc1ccc(F)cc1)Cc1nccn1C. The second-order valence-corrected chi connectivity index (χ2v) is 4.49. The first kappa shape index (κ1) is 13.5. The van der Waals surface area contributed by atoms with Gasteiger partial charge < -0.3 is 9.30 Å². The Hall–Kier alpha value is -1.88. The van der Waals surface area contributed by atoms with E-state index in [2.05, 4.69) is 9.88 Å². The molecule has 1 aromatic carbocycles. The topological polar surface area (TPSA) is 30.3 Å². The van der Waals surface area contributed by atoms with Gasteiger partial charge in [0, 0.05) is 26.0 Å². The molecule has 2 aromatic rings. The van der Waals surface area contributed by atoms with Gasteiger partial charge in [-0.3, -0.25) is 4.90 Å². The molecule has 5 heteroatoms. The van der Waals surface area contributed by atoms with Crippen molar-refractivity contribution in [3.8, 4) is 5.75 Å². The van der Waals surface area contributed by atoms with Gasteiger partial charge in [0.25, 0.3) is 0 Å². The van der Waals surface area contributed by atoms with Crippen molar-refractivity contribution in [2.24, 2.45) is 7.05 Å². The standard InChI is InChI=1S/C14H18FN3O/c1-17(11-14-16-7-8-18(14)2)9-10-19-13-5-3-12(15)4-6-13/h3-8H,9-11H2,1-2H3. The normalized spacial score (nSPS) is 10.9. The first-order valence-electron chi connectivity index (χ1n) is 6.18. The minimum absolute atomic E-state index is 0.251. The van der Waals surface area contributed by atoms with E-state index < -0.39 is 0 Å². The van der Waals surface area contributed by atoms with Crippen molar-refractivity contribution >= 4 is 0 Å². The van der Waals surface area contributed by atoms with E-state index in [-0.39, 0.29) is 5.82 Å². The third-order valence-electron chi connectivity index (χ3n) is 2.89. The van der Waals surface area contributed by atoms with Crippen LogP contribution in [0.4, 0.5) is 4.39 Å². The highest BCUT2D eigenvalue weighted by Gasteiger charge is 2.04. The van der Waals surface area contributed by atoms with Gasteiger partial charge in [0.15, 0.2) is 0 Å². The predicted octanol–water partition coefficient (Wildman–Crippen LogP) is 2.07. The van der Waals surface area contributed by atoms with Crippen LogP contribution in [0.2, 0.25) is 0 Å². The molecule has 1 heterocycles. The maximum Gasteiger partial charge on any atom is 0.123 e. The monoisotopic (exact) mass is 263 g/mol. The van der Waals surface area contributed by atoms with Crippen LogP contribution in [0, 0.1) is 5.82 Å². The Kier molecular flexibility index (Phi) is 4.52. The molecular formula is C14H18FN3O. The molecule has 2 rings (SSSR count). The lowest BCUT2D eigenvalue weighted by molar-refractivity contribution is 0.228.